The average molecular weight is 335 g/mol. The number of pyridine rings is 1. The van der Waals surface area contributed by atoms with Gasteiger partial charge in [0.25, 0.3) is 0 Å². The number of hydrogen-bond acceptors (Lipinski definition) is 7. The number of anilines is 2. The second kappa shape index (κ2) is 6.00. The molecule has 0 unspecified atom stereocenters. The highest BCUT2D eigenvalue weighted by atomic mass is 32.2. The van der Waals surface area contributed by atoms with Crippen molar-refractivity contribution in [2.75, 3.05) is 17.6 Å². The van der Waals surface area contributed by atoms with E-state index in [0.717, 1.165) is 5.56 Å². The summed E-state index contributed by atoms with van der Waals surface area (Å²) < 4.78 is 25.2. The molecule has 3 heterocycles. The third-order valence-corrected chi connectivity index (χ3v) is 5.96. The van der Waals surface area contributed by atoms with Crippen molar-refractivity contribution in [3.8, 4) is 6.07 Å². The van der Waals surface area contributed by atoms with Crippen LogP contribution >= 0.6 is 11.3 Å². The summed E-state index contributed by atoms with van der Waals surface area (Å²) in [6.45, 7) is 0.909. The molecule has 1 fully saturated rings. The van der Waals surface area contributed by atoms with E-state index in [1.807, 2.05) is 6.07 Å². The molecule has 0 spiro atoms. The molecule has 0 amide bonds. The molecule has 1 aliphatic heterocycles. The van der Waals surface area contributed by atoms with E-state index in [1.165, 1.54) is 21.8 Å². The van der Waals surface area contributed by atoms with Gasteiger partial charge in [-0.05, 0) is 24.1 Å². The van der Waals surface area contributed by atoms with E-state index in [-0.39, 0.29) is 5.75 Å². The van der Waals surface area contributed by atoms with Crippen LogP contribution in [0.1, 0.15) is 16.9 Å². The van der Waals surface area contributed by atoms with Crippen LogP contribution in [0.2, 0.25) is 0 Å². The first-order valence-electron chi connectivity index (χ1n) is 6.62. The summed E-state index contributed by atoms with van der Waals surface area (Å²) in [5.74, 6) is 0.798. The molecule has 114 valence electrons. The summed E-state index contributed by atoms with van der Waals surface area (Å²) in [7, 11) is -3.11. The minimum Gasteiger partial charge on any atom is -0.316 e. The summed E-state index contributed by atoms with van der Waals surface area (Å²) in [5.41, 5.74) is 0.861. The van der Waals surface area contributed by atoms with Crippen molar-refractivity contribution in [3.63, 3.8) is 0 Å². The third kappa shape index (κ3) is 3.24. The zero-order valence-electron chi connectivity index (χ0n) is 11.6. The van der Waals surface area contributed by atoms with E-state index in [1.54, 1.807) is 18.3 Å². The molecule has 0 atom stereocenters. The van der Waals surface area contributed by atoms with Gasteiger partial charge in [0.2, 0.25) is 10.0 Å². The maximum atomic E-state index is 11.8. The van der Waals surface area contributed by atoms with Crippen LogP contribution in [0.4, 0.5) is 10.9 Å². The lowest BCUT2D eigenvalue weighted by molar-refractivity contribution is 0.439. The highest BCUT2D eigenvalue weighted by Gasteiger charge is 2.28. The Morgan fingerprint density at radius 2 is 2.32 bits per heavy atom. The highest BCUT2D eigenvalue weighted by molar-refractivity contribution is 7.89. The van der Waals surface area contributed by atoms with Crippen LogP contribution in [-0.2, 0) is 16.6 Å². The Kier molecular flexibility index (Phi) is 4.06. The maximum Gasteiger partial charge on any atom is 0.214 e. The van der Waals surface area contributed by atoms with Gasteiger partial charge < -0.3 is 5.32 Å². The maximum absolute atomic E-state index is 11.8. The second-order valence-corrected chi connectivity index (χ2v) is 7.94. The molecule has 0 saturated carbocycles. The molecule has 1 saturated heterocycles. The van der Waals surface area contributed by atoms with Gasteiger partial charge in [0.15, 0.2) is 5.13 Å². The van der Waals surface area contributed by atoms with Gasteiger partial charge in [-0.3, -0.25) is 0 Å². The number of hydrogen-bond donors (Lipinski definition) is 1. The van der Waals surface area contributed by atoms with Gasteiger partial charge in [-0.2, -0.15) is 9.57 Å². The second-order valence-electron chi connectivity index (χ2n) is 4.82. The van der Waals surface area contributed by atoms with Gasteiger partial charge >= 0.3 is 0 Å². The first-order chi connectivity index (χ1) is 10.6. The number of nitrogens with one attached hydrogen (secondary N) is 1. The van der Waals surface area contributed by atoms with Gasteiger partial charge in [0, 0.05) is 19.3 Å². The van der Waals surface area contributed by atoms with E-state index >= 15 is 0 Å². The lowest BCUT2D eigenvalue weighted by Gasteiger charge is -2.14. The Labute approximate surface area is 132 Å². The predicted molar refractivity (Wildman–Crippen MR) is 83.2 cm³/mol. The first kappa shape index (κ1) is 14.9. The lowest BCUT2D eigenvalue weighted by Crippen LogP contribution is -2.25. The third-order valence-electron chi connectivity index (χ3n) is 3.24. The molecular weight excluding hydrogens is 322 g/mol. The van der Waals surface area contributed by atoms with Crippen molar-refractivity contribution in [3.05, 3.63) is 35.0 Å². The predicted octanol–water partition coefficient (Wildman–Crippen LogP) is 1.69. The van der Waals surface area contributed by atoms with Crippen molar-refractivity contribution in [1.82, 2.24) is 14.3 Å². The monoisotopic (exact) mass is 335 g/mol. The largest absolute Gasteiger partial charge is 0.316 e. The number of nitriles is 1. The van der Waals surface area contributed by atoms with E-state index in [9.17, 15) is 8.42 Å². The SMILES string of the molecule is N#Cc1cnc(Nc2cc(CN3CCCS3(=O)=O)ccn2)s1. The normalized spacial score (nSPS) is 17.2. The van der Waals surface area contributed by atoms with E-state index in [0.29, 0.717) is 35.3 Å². The molecule has 2 aromatic heterocycles. The highest BCUT2D eigenvalue weighted by Crippen LogP contribution is 2.22. The summed E-state index contributed by atoms with van der Waals surface area (Å²) >= 11 is 1.24. The summed E-state index contributed by atoms with van der Waals surface area (Å²) in [4.78, 5) is 8.78. The molecule has 22 heavy (non-hydrogen) atoms. The van der Waals surface area contributed by atoms with Crippen molar-refractivity contribution in [1.29, 1.82) is 5.26 Å². The molecule has 0 radical (unpaired) electrons. The van der Waals surface area contributed by atoms with Crippen molar-refractivity contribution >= 4 is 32.3 Å². The number of rotatable bonds is 4. The molecule has 7 nitrogen and oxygen atoms in total. The average Bonchev–Trinajstić information content (AvgIpc) is 3.06. The number of nitrogens with zero attached hydrogens (tertiary/aromatic N) is 4. The molecule has 0 aliphatic carbocycles. The topological polar surface area (TPSA) is 99.0 Å². The van der Waals surface area contributed by atoms with Crippen molar-refractivity contribution < 1.29 is 8.42 Å². The Bertz CT molecular complexity index is 825. The molecule has 3 rings (SSSR count). The van der Waals surface area contributed by atoms with Gasteiger partial charge in [-0.1, -0.05) is 11.3 Å². The molecule has 0 bridgehead atoms. The minimum atomic E-state index is -3.11. The van der Waals surface area contributed by atoms with E-state index in [2.05, 4.69) is 15.3 Å². The zero-order chi connectivity index (χ0) is 15.6. The smallest absolute Gasteiger partial charge is 0.214 e. The van der Waals surface area contributed by atoms with Crippen molar-refractivity contribution in [2.24, 2.45) is 0 Å². The summed E-state index contributed by atoms with van der Waals surface area (Å²) in [6.07, 6.45) is 3.79. The standard InChI is InChI=1S/C13H13N5O2S2/c14-7-11-8-16-13(21-11)17-12-6-10(2-3-15-12)9-18-4-1-5-22(18,19)20/h2-3,6,8H,1,4-5,9H2,(H,15,16,17). The van der Waals surface area contributed by atoms with E-state index < -0.39 is 10.0 Å². The molecule has 2 aromatic rings. The van der Waals surface area contributed by atoms with E-state index in [4.69, 9.17) is 5.26 Å². The quantitative estimate of drug-likeness (QED) is 0.913. The zero-order valence-corrected chi connectivity index (χ0v) is 13.2. The fraction of sp³-hybridized carbons (Fsp3) is 0.308. The Morgan fingerprint density at radius 1 is 1.45 bits per heavy atom. The number of sulfonamides is 1. The van der Waals surface area contributed by atoms with Gasteiger partial charge in [-0.25, -0.2) is 18.4 Å². The van der Waals surface area contributed by atoms with Crippen LogP contribution in [0.25, 0.3) is 0 Å². The lowest BCUT2D eigenvalue weighted by atomic mass is 10.2. The van der Waals surface area contributed by atoms with Gasteiger partial charge in [0.1, 0.15) is 16.8 Å². The van der Waals surface area contributed by atoms with Crippen LogP contribution in [-0.4, -0.2) is 35.0 Å². The van der Waals surface area contributed by atoms with Crippen LogP contribution in [0.15, 0.2) is 24.5 Å². The first-order valence-corrected chi connectivity index (χ1v) is 9.05. The molecular formula is C13H13N5O2S2. The molecule has 9 heteroatoms. The van der Waals surface area contributed by atoms with Crippen molar-refractivity contribution in [2.45, 2.75) is 13.0 Å². The van der Waals surface area contributed by atoms with Crippen LogP contribution in [0, 0.1) is 11.3 Å². The van der Waals surface area contributed by atoms with Gasteiger partial charge in [0.05, 0.1) is 11.9 Å². The Balaban J connectivity index is 1.74. The fourth-order valence-electron chi connectivity index (χ4n) is 2.21. The summed E-state index contributed by atoms with van der Waals surface area (Å²) in [6, 6.07) is 5.61. The molecule has 1 aliphatic rings. The number of aromatic nitrogens is 2. The minimum absolute atomic E-state index is 0.221. The van der Waals surface area contributed by atoms with Crippen LogP contribution in [0.5, 0.6) is 0 Å². The van der Waals surface area contributed by atoms with Crippen LogP contribution in [0.3, 0.4) is 0 Å². The Morgan fingerprint density at radius 3 is 3.00 bits per heavy atom. The van der Waals surface area contributed by atoms with Gasteiger partial charge in [-0.15, -0.1) is 0 Å². The Hall–Kier alpha value is -2.02. The molecule has 0 aromatic carbocycles. The fourth-order valence-corrected chi connectivity index (χ4v) is 4.33. The summed E-state index contributed by atoms with van der Waals surface area (Å²) in [5, 5.41) is 12.4. The molecule has 1 N–H and O–H groups in total. The number of thiazole rings is 1. The van der Waals surface area contributed by atoms with Crippen LogP contribution < -0.4 is 5.32 Å².